The standard InChI is InChI=1S/C20H22F4N6O2/c1-19(31,20(22,23)24)18-15(32-2)8-17-26-10-14(30(17)29-18)12-4-3-5-16(27-12)28-13-9-25-7-6-11(13)21/h3-5,8,10-11,13,25,31H,6-7,9H2,1-2H3,(H,27,28)/t11-,13-,19?/m0/s1. The number of hydrogen-bond acceptors (Lipinski definition) is 7. The first-order valence-corrected chi connectivity index (χ1v) is 9.93. The van der Waals surface area contributed by atoms with E-state index in [0.717, 1.165) is 4.52 Å². The van der Waals surface area contributed by atoms with Crippen molar-refractivity contribution >= 4 is 11.5 Å². The first kappa shape index (κ1) is 22.2. The van der Waals surface area contributed by atoms with Gasteiger partial charge in [-0.05, 0) is 32.0 Å². The number of aromatic nitrogens is 4. The van der Waals surface area contributed by atoms with E-state index in [2.05, 4.69) is 25.7 Å². The minimum absolute atomic E-state index is 0.207. The van der Waals surface area contributed by atoms with Crippen molar-refractivity contribution in [2.24, 2.45) is 0 Å². The fraction of sp³-hybridized carbons (Fsp3) is 0.450. The van der Waals surface area contributed by atoms with E-state index < -0.39 is 29.7 Å². The zero-order valence-corrected chi connectivity index (χ0v) is 17.3. The number of imidazole rings is 1. The minimum Gasteiger partial charge on any atom is -0.495 e. The summed E-state index contributed by atoms with van der Waals surface area (Å²) in [4.78, 5) is 8.63. The maximum absolute atomic E-state index is 14.2. The molecule has 4 rings (SSSR count). The van der Waals surface area contributed by atoms with Gasteiger partial charge in [-0.2, -0.15) is 18.3 Å². The molecule has 1 saturated heterocycles. The highest BCUT2D eigenvalue weighted by molar-refractivity contribution is 5.62. The van der Waals surface area contributed by atoms with Crippen molar-refractivity contribution in [3.8, 4) is 17.1 Å². The SMILES string of the molecule is COc1cc2ncc(-c3cccc(N[C@H]4CNCC[C@@H]4F)n3)n2nc1C(C)(O)C(F)(F)F. The number of halogens is 4. The molecule has 0 radical (unpaired) electrons. The summed E-state index contributed by atoms with van der Waals surface area (Å²) < 4.78 is 60.7. The van der Waals surface area contributed by atoms with Gasteiger partial charge in [0.25, 0.3) is 0 Å². The molecule has 12 heteroatoms. The monoisotopic (exact) mass is 454 g/mol. The second kappa shape index (κ2) is 8.17. The fourth-order valence-electron chi connectivity index (χ4n) is 3.52. The van der Waals surface area contributed by atoms with E-state index in [4.69, 9.17) is 4.74 Å². The van der Waals surface area contributed by atoms with Gasteiger partial charge in [0.15, 0.2) is 5.65 Å². The van der Waals surface area contributed by atoms with Crippen molar-refractivity contribution in [3.05, 3.63) is 36.2 Å². The van der Waals surface area contributed by atoms with Gasteiger partial charge < -0.3 is 20.5 Å². The summed E-state index contributed by atoms with van der Waals surface area (Å²) in [6.45, 7) is 1.66. The number of nitrogens with zero attached hydrogens (tertiary/aromatic N) is 4. The van der Waals surface area contributed by atoms with Crippen LogP contribution in [0.1, 0.15) is 19.0 Å². The highest BCUT2D eigenvalue weighted by Gasteiger charge is 2.54. The average Bonchev–Trinajstić information content (AvgIpc) is 3.17. The van der Waals surface area contributed by atoms with Crippen LogP contribution in [-0.4, -0.2) is 63.3 Å². The molecule has 0 saturated carbocycles. The molecule has 8 nitrogen and oxygen atoms in total. The first-order valence-electron chi connectivity index (χ1n) is 9.93. The predicted octanol–water partition coefficient (Wildman–Crippen LogP) is 2.68. The van der Waals surface area contributed by atoms with Crippen LogP contribution in [0.25, 0.3) is 17.0 Å². The van der Waals surface area contributed by atoms with E-state index in [1.165, 1.54) is 19.4 Å². The fourth-order valence-corrected chi connectivity index (χ4v) is 3.52. The smallest absolute Gasteiger partial charge is 0.422 e. The lowest BCUT2D eigenvalue weighted by Gasteiger charge is -2.28. The summed E-state index contributed by atoms with van der Waals surface area (Å²) in [5, 5.41) is 20.3. The van der Waals surface area contributed by atoms with Crippen LogP contribution in [-0.2, 0) is 5.60 Å². The van der Waals surface area contributed by atoms with Crippen LogP contribution >= 0.6 is 0 Å². The largest absolute Gasteiger partial charge is 0.495 e. The van der Waals surface area contributed by atoms with Crippen LogP contribution in [0.5, 0.6) is 5.75 Å². The lowest BCUT2D eigenvalue weighted by Crippen LogP contribution is -2.46. The Morgan fingerprint density at radius 3 is 2.78 bits per heavy atom. The molecule has 0 aliphatic carbocycles. The molecular formula is C20H22F4N6O2. The third-order valence-electron chi connectivity index (χ3n) is 5.43. The molecule has 0 aromatic carbocycles. The van der Waals surface area contributed by atoms with Gasteiger partial charge in [-0.3, -0.25) is 0 Å². The molecule has 3 aromatic heterocycles. The van der Waals surface area contributed by atoms with Gasteiger partial charge in [-0.25, -0.2) is 18.9 Å². The Morgan fingerprint density at radius 2 is 2.09 bits per heavy atom. The molecule has 0 spiro atoms. The minimum atomic E-state index is -4.99. The van der Waals surface area contributed by atoms with E-state index in [1.807, 2.05) is 0 Å². The number of pyridine rings is 1. The van der Waals surface area contributed by atoms with E-state index in [1.54, 1.807) is 18.2 Å². The molecule has 3 atom stereocenters. The quantitative estimate of drug-likeness (QED) is 0.510. The van der Waals surface area contributed by atoms with E-state index in [-0.39, 0.29) is 11.4 Å². The molecule has 0 bridgehead atoms. The molecular weight excluding hydrogens is 432 g/mol. The Labute approximate surface area is 180 Å². The summed E-state index contributed by atoms with van der Waals surface area (Å²) in [6, 6.07) is 5.79. The second-order valence-electron chi connectivity index (χ2n) is 7.71. The van der Waals surface area contributed by atoms with Crippen LogP contribution in [0, 0.1) is 0 Å². The molecule has 1 aliphatic heterocycles. The Bertz CT molecular complexity index is 1120. The number of piperidine rings is 1. The summed E-state index contributed by atoms with van der Waals surface area (Å²) in [5.74, 6) is 0.156. The number of rotatable bonds is 5. The van der Waals surface area contributed by atoms with E-state index in [9.17, 15) is 22.7 Å². The number of anilines is 1. The lowest BCUT2D eigenvalue weighted by molar-refractivity contribution is -0.261. The van der Waals surface area contributed by atoms with Crippen molar-refractivity contribution in [2.45, 2.75) is 37.3 Å². The summed E-state index contributed by atoms with van der Waals surface area (Å²) in [7, 11) is 1.18. The van der Waals surface area contributed by atoms with Gasteiger partial charge in [0.1, 0.15) is 29.1 Å². The lowest BCUT2D eigenvalue weighted by atomic mass is 10.0. The molecule has 0 amide bonds. The Balaban J connectivity index is 1.75. The highest BCUT2D eigenvalue weighted by Crippen LogP contribution is 2.41. The van der Waals surface area contributed by atoms with Gasteiger partial charge in [-0.1, -0.05) is 6.07 Å². The van der Waals surface area contributed by atoms with Crippen molar-refractivity contribution < 1.29 is 27.4 Å². The van der Waals surface area contributed by atoms with E-state index >= 15 is 0 Å². The number of ether oxygens (including phenoxy) is 1. The average molecular weight is 454 g/mol. The number of aliphatic hydroxyl groups is 1. The summed E-state index contributed by atoms with van der Waals surface area (Å²) in [5.41, 5.74) is -3.10. The molecule has 3 N–H and O–H groups in total. The van der Waals surface area contributed by atoms with Gasteiger partial charge >= 0.3 is 6.18 Å². The molecule has 4 heterocycles. The molecule has 1 unspecified atom stereocenters. The number of nitrogens with one attached hydrogen (secondary N) is 2. The third-order valence-corrected chi connectivity index (χ3v) is 5.43. The number of methoxy groups -OCH3 is 1. The van der Waals surface area contributed by atoms with Gasteiger partial charge in [0.05, 0.1) is 25.0 Å². The Hall–Kier alpha value is -2.99. The number of fused-ring (bicyclic) bond motifs is 1. The van der Waals surface area contributed by atoms with Gasteiger partial charge in [0, 0.05) is 12.6 Å². The van der Waals surface area contributed by atoms with Crippen molar-refractivity contribution in [1.29, 1.82) is 0 Å². The topological polar surface area (TPSA) is 96.6 Å². The third kappa shape index (κ3) is 3.95. The molecule has 172 valence electrons. The maximum atomic E-state index is 14.2. The maximum Gasteiger partial charge on any atom is 0.422 e. The number of hydrogen-bond donors (Lipinski definition) is 3. The molecule has 32 heavy (non-hydrogen) atoms. The Kier molecular flexibility index (Phi) is 5.67. The Morgan fingerprint density at radius 1 is 1.31 bits per heavy atom. The predicted molar refractivity (Wildman–Crippen MR) is 108 cm³/mol. The van der Waals surface area contributed by atoms with Crippen LogP contribution < -0.4 is 15.4 Å². The first-order chi connectivity index (χ1) is 15.1. The molecule has 1 aliphatic rings. The summed E-state index contributed by atoms with van der Waals surface area (Å²) in [6.07, 6.45) is -4.22. The zero-order chi connectivity index (χ0) is 23.1. The van der Waals surface area contributed by atoms with Crippen LogP contribution in [0.15, 0.2) is 30.5 Å². The van der Waals surface area contributed by atoms with Crippen LogP contribution in [0.3, 0.4) is 0 Å². The molecule has 1 fully saturated rings. The van der Waals surface area contributed by atoms with Crippen LogP contribution in [0.2, 0.25) is 0 Å². The van der Waals surface area contributed by atoms with Crippen molar-refractivity contribution in [3.63, 3.8) is 0 Å². The van der Waals surface area contributed by atoms with Crippen molar-refractivity contribution in [2.75, 3.05) is 25.5 Å². The normalized spacial score (nSPS) is 21.3. The van der Waals surface area contributed by atoms with Gasteiger partial charge in [-0.15, -0.1) is 0 Å². The second-order valence-corrected chi connectivity index (χ2v) is 7.71. The zero-order valence-electron chi connectivity index (χ0n) is 17.3. The molecule has 3 aromatic rings. The number of alkyl halides is 4. The summed E-state index contributed by atoms with van der Waals surface area (Å²) >= 11 is 0. The van der Waals surface area contributed by atoms with Crippen LogP contribution in [0.4, 0.5) is 23.4 Å². The van der Waals surface area contributed by atoms with Crippen molar-refractivity contribution in [1.82, 2.24) is 24.9 Å². The highest BCUT2D eigenvalue weighted by atomic mass is 19.4. The van der Waals surface area contributed by atoms with E-state index in [0.29, 0.717) is 43.6 Å². The van der Waals surface area contributed by atoms with Gasteiger partial charge in [0.2, 0.25) is 5.60 Å².